The third-order valence-electron chi connectivity index (χ3n) is 1.89. The quantitative estimate of drug-likeness (QED) is 0.663. The summed E-state index contributed by atoms with van der Waals surface area (Å²) in [4.78, 5) is 0. The van der Waals surface area contributed by atoms with Gasteiger partial charge in [-0.15, -0.1) is 10.2 Å². The van der Waals surface area contributed by atoms with Crippen LogP contribution < -0.4 is 10.0 Å². The molecule has 0 aromatic carbocycles. The SMILES string of the molecule is CNCCCN(C)S(=O)(=O)Nc1nncs1. The van der Waals surface area contributed by atoms with Crippen LogP contribution in [0.4, 0.5) is 5.13 Å². The Labute approximate surface area is 99.1 Å². The number of hydrogen-bond donors (Lipinski definition) is 2. The fourth-order valence-corrected chi connectivity index (χ4v) is 2.59. The van der Waals surface area contributed by atoms with Gasteiger partial charge in [0.05, 0.1) is 0 Å². The first kappa shape index (κ1) is 13.3. The molecule has 0 saturated heterocycles. The maximum absolute atomic E-state index is 11.7. The molecule has 1 heterocycles. The maximum atomic E-state index is 11.7. The summed E-state index contributed by atoms with van der Waals surface area (Å²) >= 11 is 1.14. The van der Waals surface area contributed by atoms with E-state index in [0.29, 0.717) is 6.54 Å². The molecule has 0 fully saturated rings. The molecule has 0 spiro atoms. The van der Waals surface area contributed by atoms with Crippen molar-refractivity contribution in [1.82, 2.24) is 19.8 Å². The zero-order chi connectivity index (χ0) is 12.0. The minimum absolute atomic E-state index is 0.278. The number of rotatable bonds is 7. The van der Waals surface area contributed by atoms with Crippen LogP contribution in [-0.2, 0) is 10.2 Å². The van der Waals surface area contributed by atoms with E-state index in [4.69, 9.17) is 0 Å². The average Bonchev–Trinajstić information content (AvgIpc) is 2.70. The van der Waals surface area contributed by atoms with Crippen molar-refractivity contribution in [1.29, 1.82) is 0 Å². The van der Waals surface area contributed by atoms with E-state index in [1.807, 2.05) is 7.05 Å². The summed E-state index contributed by atoms with van der Waals surface area (Å²) in [6.45, 7) is 1.23. The normalized spacial score (nSPS) is 11.9. The van der Waals surface area contributed by atoms with Crippen molar-refractivity contribution in [2.24, 2.45) is 0 Å². The zero-order valence-electron chi connectivity index (χ0n) is 9.17. The van der Waals surface area contributed by atoms with Gasteiger partial charge in [-0.2, -0.15) is 12.7 Å². The Bertz CT molecular complexity index is 391. The average molecular weight is 265 g/mol. The number of nitrogens with one attached hydrogen (secondary N) is 2. The summed E-state index contributed by atoms with van der Waals surface area (Å²) in [5, 5.41) is 10.4. The number of hydrogen-bond acceptors (Lipinski definition) is 6. The molecular formula is C7H15N5O2S2. The van der Waals surface area contributed by atoms with Gasteiger partial charge in [-0.3, -0.25) is 0 Å². The fraction of sp³-hybridized carbons (Fsp3) is 0.714. The Balaban J connectivity index is 2.50. The molecule has 1 aromatic rings. The lowest BCUT2D eigenvalue weighted by Gasteiger charge is -2.16. The minimum atomic E-state index is -3.50. The van der Waals surface area contributed by atoms with Crippen molar-refractivity contribution >= 4 is 26.7 Å². The number of anilines is 1. The van der Waals surface area contributed by atoms with Crippen LogP contribution in [0.1, 0.15) is 6.42 Å². The summed E-state index contributed by atoms with van der Waals surface area (Å²) in [6.07, 6.45) is 0.754. The first-order chi connectivity index (χ1) is 7.56. The highest BCUT2D eigenvalue weighted by Crippen LogP contribution is 2.11. The van der Waals surface area contributed by atoms with Crippen molar-refractivity contribution < 1.29 is 8.42 Å². The van der Waals surface area contributed by atoms with Gasteiger partial charge in [0.25, 0.3) is 0 Å². The summed E-state index contributed by atoms with van der Waals surface area (Å²) in [7, 11) is -0.146. The predicted octanol–water partition coefficient (Wildman–Crippen LogP) is -0.264. The second-order valence-corrected chi connectivity index (χ2v) is 5.74. The van der Waals surface area contributed by atoms with Gasteiger partial charge in [-0.25, -0.2) is 4.72 Å². The van der Waals surface area contributed by atoms with Gasteiger partial charge in [0.1, 0.15) is 5.51 Å². The van der Waals surface area contributed by atoms with Gasteiger partial charge >= 0.3 is 10.2 Å². The molecule has 0 unspecified atom stereocenters. The Hall–Kier alpha value is -0.770. The summed E-state index contributed by atoms with van der Waals surface area (Å²) < 4.78 is 27.1. The van der Waals surface area contributed by atoms with E-state index in [0.717, 1.165) is 24.3 Å². The summed E-state index contributed by atoms with van der Waals surface area (Å²) in [5.74, 6) is 0. The molecule has 0 bridgehead atoms. The summed E-state index contributed by atoms with van der Waals surface area (Å²) in [6, 6.07) is 0. The third kappa shape index (κ3) is 4.00. The predicted molar refractivity (Wildman–Crippen MR) is 63.6 cm³/mol. The first-order valence-corrected chi connectivity index (χ1v) is 7.03. The van der Waals surface area contributed by atoms with Crippen LogP contribution in [0.5, 0.6) is 0 Å². The van der Waals surface area contributed by atoms with E-state index >= 15 is 0 Å². The van der Waals surface area contributed by atoms with Gasteiger partial charge in [0.15, 0.2) is 0 Å². The third-order valence-corrected chi connectivity index (χ3v) is 4.08. The van der Waals surface area contributed by atoms with Crippen molar-refractivity contribution in [3.63, 3.8) is 0 Å². The molecule has 0 aliphatic heterocycles. The van der Waals surface area contributed by atoms with Gasteiger partial charge in [-0.05, 0) is 20.0 Å². The monoisotopic (exact) mass is 265 g/mol. The Morgan fingerprint density at radius 1 is 1.56 bits per heavy atom. The first-order valence-electron chi connectivity index (χ1n) is 4.71. The maximum Gasteiger partial charge on any atom is 0.303 e. The molecule has 0 atom stereocenters. The molecule has 0 amide bonds. The van der Waals surface area contributed by atoms with Crippen LogP contribution >= 0.6 is 11.3 Å². The molecule has 1 aromatic heterocycles. The largest absolute Gasteiger partial charge is 0.320 e. The van der Waals surface area contributed by atoms with Crippen LogP contribution in [0, 0.1) is 0 Å². The van der Waals surface area contributed by atoms with E-state index < -0.39 is 10.2 Å². The Morgan fingerprint density at radius 3 is 2.88 bits per heavy atom. The van der Waals surface area contributed by atoms with Crippen molar-refractivity contribution in [2.45, 2.75) is 6.42 Å². The van der Waals surface area contributed by atoms with E-state index in [2.05, 4.69) is 20.2 Å². The molecule has 9 heteroatoms. The molecule has 1 rings (SSSR count). The highest BCUT2D eigenvalue weighted by Gasteiger charge is 2.18. The second-order valence-electron chi connectivity index (χ2n) is 3.13. The standard InChI is InChI=1S/C7H15N5O2S2/c1-8-4-3-5-12(2)16(13,14)11-7-10-9-6-15-7/h6,8H,3-5H2,1-2H3,(H,10,11). The minimum Gasteiger partial charge on any atom is -0.320 e. The lowest BCUT2D eigenvalue weighted by molar-refractivity contribution is 0.462. The van der Waals surface area contributed by atoms with Crippen LogP contribution in [-0.4, -0.2) is 50.1 Å². The van der Waals surface area contributed by atoms with Gasteiger partial charge in [0.2, 0.25) is 5.13 Å². The van der Waals surface area contributed by atoms with Crippen LogP contribution in [0.15, 0.2) is 5.51 Å². The molecule has 7 nitrogen and oxygen atoms in total. The highest BCUT2D eigenvalue weighted by molar-refractivity contribution is 7.90. The van der Waals surface area contributed by atoms with Gasteiger partial charge < -0.3 is 5.32 Å². The van der Waals surface area contributed by atoms with Crippen LogP contribution in [0.3, 0.4) is 0 Å². The van der Waals surface area contributed by atoms with E-state index in [-0.39, 0.29) is 5.13 Å². The Morgan fingerprint density at radius 2 is 2.31 bits per heavy atom. The van der Waals surface area contributed by atoms with Gasteiger partial charge in [-0.1, -0.05) is 11.3 Å². The molecule has 92 valence electrons. The fourth-order valence-electron chi connectivity index (χ4n) is 1.00. The zero-order valence-corrected chi connectivity index (χ0v) is 10.8. The lowest BCUT2D eigenvalue weighted by atomic mass is 10.4. The van der Waals surface area contributed by atoms with Gasteiger partial charge in [0, 0.05) is 13.6 Å². The van der Waals surface area contributed by atoms with E-state index in [1.165, 1.54) is 16.9 Å². The van der Waals surface area contributed by atoms with Crippen molar-refractivity contribution in [3.8, 4) is 0 Å². The number of aromatic nitrogens is 2. The summed E-state index contributed by atoms with van der Waals surface area (Å²) in [5.41, 5.74) is 1.47. The molecule has 16 heavy (non-hydrogen) atoms. The Kier molecular flexibility index (Phi) is 5.06. The smallest absolute Gasteiger partial charge is 0.303 e. The molecule has 0 aliphatic rings. The molecule has 2 N–H and O–H groups in total. The van der Waals surface area contributed by atoms with E-state index in [9.17, 15) is 8.42 Å². The molecular weight excluding hydrogens is 250 g/mol. The topological polar surface area (TPSA) is 87.2 Å². The number of nitrogens with zero attached hydrogens (tertiary/aromatic N) is 3. The van der Waals surface area contributed by atoms with Crippen LogP contribution in [0.25, 0.3) is 0 Å². The molecule has 0 aliphatic carbocycles. The van der Waals surface area contributed by atoms with Crippen molar-refractivity contribution in [2.75, 3.05) is 31.9 Å². The molecule has 0 radical (unpaired) electrons. The second kappa shape index (κ2) is 6.09. The molecule has 0 saturated carbocycles. The highest BCUT2D eigenvalue weighted by atomic mass is 32.2. The van der Waals surface area contributed by atoms with E-state index in [1.54, 1.807) is 0 Å². The van der Waals surface area contributed by atoms with Crippen LogP contribution in [0.2, 0.25) is 0 Å². The lowest BCUT2D eigenvalue weighted by Crippen LogP contribution is -2.34. The van der Waals surface area contributed by atoms with Crippen molar-refractivity contribution in [3.05, 3.63) is 5.51 Å².